The van der Waals surface area contributed by atoms with Gasteiger partial charge in [-0.2, -0.15) is 13.2 Å². The maximum absolute atomic E-state index is 12.5. The van der Waals surface area contributed by atoms with Gasteiger partial charge in [-0.1, -0.05) is 0 Å². The molecular weight excluding hydrogens is 257 g/mol. The molecule has 0 radical (unpaired) electrons. The summed E-state index contributed by atoms with van der Waals surface area (Å²) in [6, 6.07) is 5.45. The molecule has 19 heavy (non-hydrogen) atoms. The normalized spacial score (nSPS) is 13.3. The molecule has 0 aliphatic heterocycles. The van der Waals surface area contributed by atoms with E-state index in [1.165, 1.54) is 0 Å². The van der Waals surface area contributed by atoms with Gasteiger partial charge < -0.3 is 9.73 Å². The van der Waals surface area contributed by atoms with Crippen molar-refractivity contribution in [1.82, 2.24) is 4.98 Å². The molecule has 0 saturated heterocycles. The van der Waals surface area contributed by atoms with E-state index in [0.717, 1.165) is 24.1 Å². The average Bonchev–Trinajstić information content (AvgIpc) is 2.80. The summed E-state index contributed by atoms with van der Waals surface area (Å²) in [5, 5.41) is 2.92. The molecule has 1 unspecified atom stereocenters. The Kier molecular flexibility index (Phi) is 3.78. The van der Waals surface area contributed by atoms with Gasteiger partial charge in [0, 0.05) is 18.7 Å². The summed E-state index contributed by atoms with van der Waals surface area (Å²) in [5.41, 5.74) is -0.713. The Morgan fingerprint density at radius 1 is 1.37 bits per heavy atom. The maximum atomic E-state index is 12.5. The van der Waals surface area contributed by atoms with E-state index in [4.69, 9.17) is 4.42 Å². The Bertz CT molecular complexity index is 523. The van der Waals surface area contributed by atoms with E-state index < -0.39 is 11.7 Å². The number of rotatable bonds is 4. The van der Waals surface area contributed by atoms with Crippen LogP contribution in [0.25, 0.3) is 0 Å². The van der Waals surface area contributed by atoms with E-state index in [0.29, 0.717) is 6.42 Å². The van der Waals surface area contributed by atoms with Crippen molar-refractivity contribution < 1.29 is 17.6 Å². The summed E-state index contributed by atoms with van der Waals surface area (Å²) in [4.78, 5) is 3.88. The average molecular weight is 270 g/mol. The summed E-state index contributed by atoms with van der Waals surface area (Å²) in [5.74, 6) is 0.973. The first-order chi connectivity index (χ1) is 8.95. The van der Waals surface area contributed by atoms with Crippen LogP contribution in [0.5, 0.6) is 0 Å². The van der Waals surface area contributed by atoms with Crippen LogP contribution in [0.4, 0.5) is 19.0 Å². The van der Waals surface area contributed by atoms with Crippen LogP contribution in [-0.2, 0) is 12.6 Å². The third-order valence-corrected chi connectivity index (χ3v) is 2.57. The Morgan fingerprint density at radius 3 is 2.79 bits per heavy atom. The molecule has 0 aliphatic carbocycles. The lowest BCUT2D eigenvalue weighted by Gasteiger charge is -2.14. The lowest BCUT2D eigenvalue weighted by molar-refractivity contribution is -0.137. The maximum Gasteiger partial charge on any atom is 0.416 e. The van der Waals surface area contributed by atoms with Crippen molar-refractivity contribution >= 4 is 5.82 Å². The fraction of sp³-hybridized carbons (Fsp3) is 0.308. The van der Waals surface area contributed by atoms with E-state index in [1.807, 2.05) is 13.0 Å². The zero-order chi connectivity index (χ0) is 13.9. The molecule has 2 aromatic rings. The second-order valence-electron chi connectivity index (χ2n) is 4.26. The van der Waals surface area contributed by atoms with Gasteiger partial charge in [-0.25, -0.2) is 4.98 Å². The molecule has 0 amide bonds. The minimum absolute atomic E-state index is 0.0814. The number of hydrogen-bond acceptors (Lipinski definition) is 3. The largest absolute Gasteiger partial charge is 0.469 e. The molecule has 2 rings (SSSR count). The topological polar surface area (TPSA) is 38.1 Å². The van der Waals surface area contributed by atoms with Crippen LogP contribution in [0.2, 0.25) is 0 Å². The van der Waals surface area contributed by atoms with Crippen molar-refractivity contribution in [2.24, 2.45) is 0 Å². The molecule has 3 nitrogen and oxygen atoms in total. The van der Waals surface area contributed by atoms with Crippen molar-refractivity contribution in [2.75, 3.05) is 5.32 Å². The fourth-order valence-electron chi connectivity index (χ4n) is 1.72. The first-order valence-corrected chi connectivity index (χ1v) is 5.77. The summed E-state index contributed by atoms with van der Waals surface area (Å²) in [6.45, 7) is 1.85. The van der Waals surface area contributed by atoms with Crippen molar-refractivity contribution in [3.63, 3.8) is 0 Å². The number of nitrogens with one attached hydrogen (secondary N) is 1. The molecule has 0 saturated carbocycles. The summed E-state index contributed by atoms with van der Waals surface area (Å²) in [6.07, 6.45) is -1.08. The lowest BCUT2D eigenvalue weighted by Crippen LogP contribution is -2.19. The first kappa shape index (κ1) is 13.5. The van der Waals surface area contributed by atoms with Gasteiger partial charge >= 0.3 is 6.18 Å². The third-order valence-electron chi connectivity index (χ3n) is 2.57. The molecule has 1 atom stereocenters. The molecule has 0 bridgehead atoms. The second-order valence-corrected chi connectivity index (χ2v) is 4.26. The number of anilines is 1. The Morgan fingerprint density at radius 2 is 2.16 bits per heavy atom. The number of halogens is 3. The highest BCUT2D eigenvalue weighted by atomic mass is 19.4. The Hall–Kier alpha value is -1.98. The van der Waals surface area contributed by atoms with E-state index >= 15 is 0 Å². The molecule has 0 aromatic carbocycles. The van der Waals surface area contributed by atoms with Crippen molar-refractivity contribution in [2.45, 2.75) is 25.6 Å². The zero-order valence-electron chi connectivity index (χ0n) is 10.2. The summed E-state index contributed by atoms with van der Waals surface area (Å²) < 4.78 is 42.8. The molecule has 0 fully saturated rings. The molecule has 0 spiro atoms. The number of aromatic nitrogens is 1. The number of hydrogen-bond donors (Lipinski definition) is 1. The Balaban J connectivity index is 2.03. The monoisotopic (exact) mass is 270 g/mol. The van der Waals surface area contributed by atoms with Crippen LogP contribution in [0.15, 0.2) is 41.1 Å². The minimum Gasteiger partial charge on any atom is -0.469 e. The quantitative estimate of drug-likeness (QED) is 0.919. The van der Waals surface area contributed by atoms with Crippen LogP contribution < -0.4 is 5.32 Å². The van der Waals surface area contributed by atoms with Gasteiger partial charge in [-0.05, 0) is 31.2 Å². The van der Waals surface area contributed by atoms with Gasteiger partial charge in [0.2, 0.25) is 0 Å². The SMILES string of the molecule is CC(Cc1ccco1)Nc1cc(C(F)(F)F)ccn1. The van der Waals surface area contributed by atoms with Gasteiger partial charge in [-0.3, -0.25) is 0 Å². The van der Waals surface area contributed by atoms with Gasteiger partial charge in [0.15, 0.2) is 0 Å². The van der Waals surface area contributed by atoms with Crippen LogP contribution in [0.3, 0.4) is 0 Å². The molecule has 2 aromatic heterocycles. The third kappa shape index (κ3) is 3.74. The van der Waals surface area contributed by atoms with Crippen LogP contribution >= 0.6 is 0 Å². The molecule has 1 N–H and O–H groups in total. The summed E-state index contributed by atoms with van der Waals surface area (Å²) in [7, 11) is 0. The van der Waals surface area contributed by atoms with Crippen molar-refractivity contribution in [3.8, 4) is 0 Å². The zero-order valence-corrected chi connectivity index (χ0v) is 10.2. The van der Waals surface area contributed by atoms with E-state index in [2.05, 4.69) is 10.3 Å². The van der Waals surface area contributed by atoms with Crippen molar-refractivity contribution in [1.29, 1.82) is 0 Å². The molecule has 0 aliphatic rings. The van der Waals surface area contributed by atoms with Crippen LogP contribution in [-0.4, -0.2) is 11.0 Å². The highest BCUT2D eigenvalue weighted by Crippen LogP contribution is 2.30. The summed E-state index contributed by atoms with van der Waals surface area (Å²) >= 11 is 0. The van der Waals surface area contributed by atoms with E-state index in [1.54, 1.807) is 12.3 Å². The number of pyridine rings is 1. The predicted molar refractivity (Wildman–Crippen MR) is 64.7 cm³/mol. The number of alkyl halides is 3. The fourth-order valence-corrected chi connectivity index (χ4v) is 1.72. The number of nitrogens with zero attached hydrogens (tertiary/aromatic N) is 1. The molecular formula is C13H13F3N2O. The smallest absolute Gasteiger partial charge is 0.416 e. The van der Waals surface area contributed by atoms with E-state index in [-0.39, 0.29) is 11.9 Å². The lowest BCUT2D eigenvalue weighted by atomic mass is 10.2. The molecule has 102 valence electrons. The highest BCUT2D eigenvalue weighted by Gasteiger charge is 2.30. The minimum atomic E-state index is -4.36. The van der Waals surface area contributed by atoms with Gasteiger partial charge in [0.05, 0.1) is 11.8 Å². The molecule has 2 heterocycles. The van der Waals surface area contributed by atoms with Gasteiger partial charge in [0.1, 0.15) is 11.6 Å². The van der Waals surface area contributed by atoms with Gasteiger partial charge in [-0.15, -0.1) is 0 Å². The van der Waals surface area contributed by atoms with Crippen LogP contribution in [0, 0.1) is 0 Å². The second kappa shape index (κ2) is 5.34. The standard InChI is InChI=1S/C13H13F3N2O/c1-9(7-11-3-2-6-19-11)18-12-8-10(4-5-17-12)13(14,15)16/h2-6,8-9H,7H2,1H3,(H,17,18). The number of furan rings is 1. The predicted octanol–water partition coefficient (Wildman–Crippen LogP) is 3.74. The van der Waals surface area contributed by atoms with Crippen molar-refractivity contribution in [3.05, 3.63) is 48.0 Å². The van der Waals surface area contributed by atoms with Gasteiger partial charge in [0.25, 0.3) is 0 Å². The Labute approximate surface area is 108 Å². The first-order valence-electron chi connectivity index (χ1n) is 5.77. The van der Waals surface area contributed by atoms with Crippen LogP contribution in [0.1, 0.15) is 18.2 Å². The highest BCUT2D eigenvalue weighted by molar-refractivity contribution is 5.39. The van der Waals surface area contributed by atoms with E-state index in [9.17, 15) is 13.2 Å². The molecule has 6 heteroatoms.